The second-order valence-corrected chi connectivity index (χ2v) is 13.8. The summed E-state index contributed by atoms with van der Waals surface area (Å²) in [6.45, 7) is 4.56. The van der Waals surface area contributed by atoms with Gasteiger partial charge in [-0.15, -0.1) is 0 Å². The first-order valence-corrected chi connectivity index (χ1v) is 20.0. The molecule has 0 unspecified atom stereocenters. The number of primary amides is 2. The Morgan fingerprint density at radius 3 is 0.756 bits per heavy atom. The summed E-state index contributed by atoms with van der Waals surface area (Å²) in [4.78, 5) is 24.1. The van der Waals surface area contributed by atoms with Crippen molar-refractivity contribution in [3.05, 3.63) is 23.3 Å². The first-order valence-electron chi connectivity index (χ1n) is 20.0. The molecule has 0 fully saturated rings. The number of carbonyl (C=O) groups excluding carboxylic acids is 2. The molecular formula is C41H78N2O2. The van der Waals surface area contributed by atoms with Crippen LogP contribution < -0.4 is 11.5 Å². The third-order valence-corrected chi connectivity index (χ3v) is 9.41. The molecule has 0 rings (SSSR count). The molecule has 45 heavy (non-hydrogen) atoms. The fraction of sp³-hybridized carbons (Fsp3) is 0.854. The van der Waals surface area contributed by atoms with Crippen molar-refractivity contribution in [1.29, 1.82) is 0 Å². The lowest BCUT2D eigenvalue weighted by molar-refractivity contribution is -0.114. The maximum Gasteiger partial charge on any atom is 0.244 e. The van der Waals surface area contributed by atoms with E-state index in [9.17, 15) is 9.59 Å². The molecule has 0 saturated carbocycles. The van der Waals surface area contributed by atoms with Crippen LogP contribution in [-0.2, 0) is 9.59 Å². The van der Waals surface area contributed by atoms with E-state index in [1.807, 2.05) is 12.2 Å². The Morgan fingerprint density at radius 2 is 0.556 bits per heavy atom. The van der Waals surface area contributed by atoms with Crippen LogP contribution in [0.1, 0.15) is 226 Å². The van der Waals surface area contributed by atoms with Crippen LogP contribution >= 0.6 is 0 Å². The molecule has 0 bridgehead atoms. The third-order valence-electron chi connectivity index (χ3n) is 9.41. The highest BCUT2D eigenvalue weighted by atomic mass is 16.1. The van der Waals surface area contributed by atoms with Crippen molar-refractivity contribution >= 4 is 11.8 Å². The molecule has 0 heterocycles. The van der Waals surface area contributed by atoms with Crippen LogP contribution in [0.2, 0.25) is 0 Å². The summed E-state index contributed by atoms with van der Waals surface area (Å²) in [5, 5.41) is 0. The van der Waals surface area contributed by atoms with Crippen molar-refractivity contribution < 1.29 is 9.59 Å². The molecule has 264 valence electrons. The molecular weight excluding hydrogens is 552 g/mol. The van der Waals surface area contributed by atoms with Crippen LogP contribution in [0.25, 0.3) is 0 Å². The van der Waals surface area contributed by atoms with Crippen LogP contribution in [0.3, 0.4) is 0 Å². The summed E-state index contributed by atoms with van der Waals surface area (Å²) in [5.41, 5.74) is 12.4. The molecule has 0 aromatic heterocycles. The third kappa shape index (κ3) is 32.2. The number of unbranched alkanes of at least 4 members (excludes halogenated alkanes) is 30. The average molecular weight is 631 g/mol. The van der Waals surface area contributed by atoms with E-state index >= 15 is 0 Å². The van der Waals surface area contributed by atoms with Gasteiger partial charge in [-0.05, 0) is 25.7 Å². The Morgan fingerprint density at radius 1 is 0.356 bits per heavy atom. The van der Waals surface area contributed by atoms with Crippen molar-refractivity contribution in [2.24, 2.45) is 11.5 Å². The van der Waals surface area contributed by atoms with Gasteiger partial charge in [0, 0.05) is 17.6 Å². The maximum absolute atomic E-state index is 12.0. The van der Waals surface area contributed by atoms with Gasteiger partial charge in [0.15, 0.2) is 0 Å². The van der Waals surface area contributed by atoms with Gasteiger partial charge in [0.2, 0.25) is 11.8 Å². The van der Waals surface area contributed by atoms with E-state index in [2.05, 4.69) is 13.8 Å². The summed E-state index contributed by atoms with van der Waals surface area (Å²) < 4.78 is 0. The molecule has 0 spiro atoms. The summed E-state index contributed by atoms with van der Waals surface area (Å²) in [5.74, 6) is -0.870. The van der Waals surface area contributed by atoms with Gasteiger partial charge < -0.3 is 11.5 Å². The highest BCUT2D eigenvalue weighted by Gasteiger charge is 2.12. The second-order valence-electron chi connectivity index (χ2n) is 13.8. The summed E-state index contributed by atoms with van der Waals surface area (Å²) >= 11 is 0. The molecule has 0 aliphatic heterocycles. The number of amides is 2. The summed E-state index contributed by atoms with van der Waals surface area (Å²) in [6.07, 6.45) is 46.0. The van der Waals surface area contributed by atoms with Crippen LogP contribution in [0.4, 0.5) is 0 Å². The SMILES string of the molecule is CCCCCCCCCCCCCCCCC/C=C(\C/C(=C\CCCCCCCCCCCCCCCCC)C(N)=O)C(N)=O. The summed E-state index contributed by atoms with van der Waals surface area (Å²) in [7, 11) is 0. The quantitative estimate of drug-likeness (QED) is 0.0533. The van der Waals surface area contributed by atoms with Crippen molar-refractivity contribution in [1.82, 2.24) is 0 Å². The topological polar surface area (TPSA) is 86.2 Å². The molecule has 0 aromatic carbocycles. The number of allylic oxidation sites excluding steroid dienone is 2. The first-order chi connectivity index (χ1) is 22.0. The van der Waals surface area contributed by atoms with Gasteiger partial charge in [-0.1, -0.05) is 206 Å². The zero-order valence-corrected chi connectivity index (χ0v) is 30.5. The smallest absolute Gasteiger partial charge is 0.244 e. The van der Waals surface area contributed by atoms with E-state index in [4.69, 9.17) is 11.5 Å². The van der Waals surface area contributed by atoms with Gasteiger partial charge in [0.05, 0.1) is 0 Å². The highest BCUT2D eigenvalue weighted by Crippen LogP contribution is 2.18. The molecule has 0 aliphatic rings. The molecule has 0 saturated heterocycles. The second kappa shape index (κ2) is 35.3. The monoisotopic (exact) mass is 631 g/mol. The molecule has 2 amide bonds. The van der Waals surface area contributed by atoms with E-state index in [0.29, 0.717) is 11.1 Å². The van der Waals surface area contributed by atoms with Gasteiger partial charge in [0.1, 0.15) is 0 Å². The van der Waals surface area contributed by atoms with Crippen molar-refractivity contribution in [3.8, 4) is 0 Å². The van der Waals surface area contributed by atoms with Gasteiger partial charge >= 0.3 is 0 Å². The molecule has 4 nitrogen and oxygen atoms in total. The van der Waals surface area contributed by atoms with Crippen LogP contribution in [0.15, 0.2) is 23.3 Å². The minimum absolute atomic E-state index is 0.266. The Bertz CT molecular complexity index is 667. The molecule has 4 heteroatoms. The standard InChI is InChI=1S/C41H78N2O2/c1-3-5-7-9-11-13-15-17-19-21-23-25-27-29-31-33-35-38(40(42)44)37-39(41(43)45)36-34-32-30-28-26-24-22-20-18-16-14-12-10-8-6-4-2/h35-36H,3-34,37H2,1-2H3,(H2,42,44)(H2,43,45)/b38-35+,39-36+. The Balaban J connectivity index is 3.90. The lowest BCUT2D eigenvalue weighted by atomic mass is 9.99. The lowest BCUT2D eigenvalue weighted by Gasteiger charge is -2.07. The minimum atomic E-state index is -0.435. The number of nitrogens with two attached hydrogens (primary N) is 2. The first kappa shape index (κ1) is 43.4. The maximum atomic E-state index is 12.0. The average Bonchev–Trinajstić information content (AvgIpc) is 3.02. The van der Waals surface area contributed by atoms with Crippen LogP contribution in [0, 0.1) is 0 Å². The van der Waals surface area contributed by atoms with Crippen molar-refractivity contribution in [3.63, 3.8) is 0 Å². The normalized spacial score (nSPS) is 12.2. The number of rotatable bonds is 36. The van der Waals surface area contributed by atoms with Crippen LogP contribution in [-0.4, -0.2) is 11.8 Å². The lowest BCUT2D eigenvalue weighted by Crippen LogP contribution is -2.19. The predicted octanol–water partition coefficient (Wildman–Crippen LogP) is 12.7. The van der Waals surface area contributed by atoms with Crippen LogP contribution in [0.5, 0.6) is 0 Å². The van der Waals surface area contributed by atoms with E-state index in [1.54, 1.807) is 0 Å². The van der Waals surface area contributed by atoms with E-state index in [-0.39, 0.29) is 6.42 Å². The number of carbonyl (C=O) groups is 2. The Hall–Kier alpha value is -1.58. The van der Waals surface area contributed by atoms with Gasteiger partial charge in [0.25, 0.3) is 0 Å². The Kier molecular flexibility index (Phi) is 34.0. The van der Waals surface area contributed by atoms with E-state index in [0.717, 1.165) is 25.7 Å². The van der Waals surface area contributed by atoms with Crippen molar-refractivity contribution in [2.45, 2.75) is 226 Å². The minimum Gasteiger partial charge on any atom is -0.366 e. The highest BCUT2D eigenvalue weighted by molar-refractivity contribution is 5.97. The van der Waals surface area contributed by atoms with E-state index < -0.39 is 11.8 Å². The predicted molar refractivity (Wildman–Crippen MR) is 198 cm³/mol. The number of hydrogen-bond donors (Lipinski definition) is 2. The zero-order chi connectivity index (χ0) is 33.1. The Labute approximate surface area is 281 Å². The van der Waals surface area contributed by atoms with Gasteiger partial charge in [-0.2, -0.15) is 0 Å². The van der Waals surface area contributed by atoms with E-state index in [1.165, 1.54) is 180 Å². The fourth-order valence-corrected chi connectivity index (χ4v) is 6.31. The molecule has 0 aromatic rings. The van der Waals surface area contributed by atoms with Gasteiger partial charge in [-0.25, -0.2) is 0 Å². The summed E-state index contributed by atoms with van der Waals surface area (Å²) in [6, 6.07) is 0. The molecule has 4 N–H and O–H groups in total. The molecule has 0 radical (unpaired) electrons. The largest absolute Gasteiger partial charge is 0.366 e. The van der Waals surface area contributed by atoms with Gasteiger partial charge in [-0.3, -0.25) is 9.59 Å². The zero-order valence-electron chi connectivity index (χ0n) is 30.5. The number of hydrogen-bond acceptors (Lipinski definition) is 2. The fourth-order valence-electron chi connectivity index (χ4n) is 6.31. The molecule has 0 aliphatic carbocycles. The molecule has 0 atom stereocenters. The van der Waals surface area contributed by atoms with Crippen molar-refractivity contribution in [2.75, 3.05) is 0 Å².